The molecule has 1 saturated heterocycles. The number of hydrogen-bond donors (Lipinski definition) is 1. The highest BCUT2D eigenvalue weighted by Gasteiger charge is 2.29. The van der Waals surface area contributed by atoms with Crippen LogP contribution in [0, 0.1) is 11.8 Å². The average molecular weight is 225 g/mol. The Morgan fingerprint density at radius 2 is 1.81 bits per heavy atom. The largest absolute Gasteiger partial charge is 0.393 e. The Morgan fingerprint density at radius 1 is 1.12 bits per heavy atom. The van der Waals surface area contributed by atoms with Crippen molar-refractivity contribution in [2.45, 2.75) is 64.5 Å². The number of aliphatic hydroxyl groups excluding tert-OH is 1. The minimum atomic E-state index is -0.104. The second kappa shape index (κ2) is 5.50. The molecular weight excluding hydrogens is 198 g/mol. The highest BCUT2D eigenvalue weighted by Crippen LogP contribution is 2.30. The van der Waals surface area contributed by atoms with Crippen molar-refractivity contribution in [1.82, 2.24) is 4.90 Å². The molecule has 3 unspecified atom stereocenters. The monoisotopic (exact) mass is 225 g/mol. The van der Waals surface area contributed by atoms with E-state index in [1.165, 1.54) is 51.6 Å². The van der Waals surface area contributed by atoms with Crippen molar-refractivity contribution in [2.75, 3.05) is 13.1 Å². The lowest BCUT2D eigenvalue weighted by atomic mass is 9.84. The summed E-state index contributed by atoms with van der Waals surface area (Å²) in [6.07, 6.45) is 7.95. The molecule has 2 aliphatic rings. The summed E-state index contributed by atoms with van der Waals surface area (Å²) in [6, 6.07) is 0.846. The van der Waals surface area contributed by atoms with Gasteiger partial charge in [-0.15, -0.1) is 0 Å². The molecule has 0 spiro atoms. The van der Waals surface area contributed by atoms with Gasteiger partial charge >= 0.3 is 0 Å². The van der Waals surface area contributed by atoms with E-state index in [2.05, 4.69) is 11.8 Å². The number of hydrogen-bond acceptors (Lipinski definition) is 2. The summed E-state index contributed by atoms with van der Waals surface area (Å²) in [4.78, 5) is 2.69. The molecule has 2 fully saturated rings. The third-order valence-electron chi connectivity index (χ3n) is 4.68. The molecule has 1 aliphatic heterocycles. The van der Waals surface area contributed by atoms with Gasteiger partial charge in [0.1, 0.15) is 0 Å². The summed E-state index contributed by atoms with van der Waals surface area (Å²) in [7, 11) is 0. The second-order valence-electron chi connectivity index (χ2n) is 6.04. The maximum absolute atomic E-state index is 9.60. The minimum Gasteiger partial charge on any atom is -0.393 e. The highest BCUT2D eigenvalue weighted by atomic mass is 16.3. The molecule has 0 aromatic carbocycles. The van der Waals surface area contributed by atoms with Crippen LogP contribution in [0.1, 0.15) is 52.4 Å². The zero-order valence-corrected chi connectivity index (χ0v) is 10.9. The number of piperidine rings is 1. The van der Waals surface area contributed by atoms with Crippen LogP contribution in [0.5, 0.6) is 0 Å². The van der Waals surface area contributed by atoms with Crippen molar-refractivity contribution in [3.63, 3.8) is 0 Å². The summed E-state index contributed by atoms with van der Waals surface area (Å²) >= 11 is 0. The number of rotatable bonds is 2. The van der Waals surface area contributed by atoms with Crippen LogP contribution >= 0.6 is 0 Å². The van der Waals surface area contributed by atoms with Gasteiger partial charge in [-0.25, -0.2) is 0 Å². The first-order chi connectivity index (χ1) is 7.66. The van der Waals surface area contributed by atoms with Crippen molar-refractivity contribution in [3.8, 4) is 0 Å². The number of nitrogens with zero attached hydrogens (tertiary/aromatic N) is 1. The molecule has 2 rings (SSSR count). The number of likely N-dealkylation sites (tertiary alicyclic amines) is 1. The van der Waals surface area contributed by atoms with Gasteiger partial charge in [-0.05, 0) is 57.5 Å². The van der Waals surface area contributed by atoms with Gasteiger partial charge in [-0.2, -0.15) is 0 Å². The molecule has 2 heteroatoms. The van der Waals surface area contributed by atoms with Gasteiger partial charge in [-0.3, -0.25) is 0 Å². The molecule has 1 heterocycles. The molecule has 94 valence electrons. The molecule has 1 saturated carbocycles. The lowest BCUT2D eigenvalue weighted by molar-refractivity contribution is 0.0422. The van der Waals surface area contributed by atoms with E-state index >= 15 is 0 Å². The second-order valence-corrected chi connectivity index (χ2v) is 6.04. The van der Waals surface area contributed by atoms with E-state index < -0.39 is 0 Å². The van der Waals surface area contributed by atoms with Gasteiger partial charge in [0.2, 0.25) is 0 Å². The van der Waals surface area contributed by atoms with Crippen molar-refractivity contribution in [1.29, 1.82) is 0 Å². The van der Waals surface area contributed by atoms with Crippen LogP contribution in [0.2, 0.25) is 0 Å². The molecule has 0 amide bonds. The van der Waals surface area contributed by atoms with E-state index in [4.69, 9.17) is 0 Å². The topological polar surface area (TPSA) is 23.5 Å². The van der Waals surface area contributed by atoms with Crippen molar-refractivity contribution in [2.24, 2.45) is 11.8 Å². The Hall–Kier alpha value is -0.0800. The standard InChI is InChI=1S/C14H27NO/c1-11-4-3-5-14(10-11)15-8-6-13(7-9-15)12(2)16/h11-14,16H,3-10H2,1-2H3. The molecule has 1 aliphatic carbocycles. The van der Waals surface area contributed by atoms with Crippen molar-refractivity contribution in [3.05, 3.63) is 0 Å². The molecule has 1 N–H and O–H groups in total. The Balaban J connectivity index is 1.79. The van der Waals surface area contributed by atoms with E-state index in [0.29, 0.717) is 5.92 Å². The van der Waals surface area contributed by atoms with Gasteiger partial charge in [0, 0.05) is 6.04 Å². The van der Waals surface area contributed by atoms with Crippen LogP contribution in [0.15, 0.2) is 0 Å². The van der Waals surface area contributed by atoms with Crippen LogP contribution in [0.3, 0.4) is 0 Å². The molecule has 16 heavy (non-hydrogen) atoms. The fraction of sp³-hybridized carbons (Fsp3) is 1.00. The predicted octanol–water partition coefficient (Wildman–Crippen LogP) is 2.66. The van der Waals surface area contributed by atoms with E-state index in [-0.39, 0.29) is 6.10 Å². The van der Waals surface area contributed by atoms with Crippen molar-refractivity contribution >= 4 is 0 Å². The zero-order chi connectivity index (χ0) is 11.5. The first-order valence-electron chi connectivity index (χ1n) is 7.09. The lowest BCUT2D eigenvalue weighted by Gasteiger charge is -2.41. The normalized spacial score (nSPS) is 36.2. The fourth-order valence-corrected chi connectivity index (χ4v) is 3.50. The smallest absolute Gasteiger partial charge is 0.0541 e. The average Bonchev–Trinajstić information content (AvgIpc) is 2.29. The van der Waals surface area contributed by atoms with Crippen LogP contribution in [-0.2, 0) is 0 Å². The molecule has 3 atom stereocenters. The third kappa shape index (κ3) is 2.98. The Kier molecular flexibility index (Phi) is 4.26. The summed E-state index contributed by atoms with van der Waals surface area (Å²) in [5.74, 6) is 1.48. The third-order valence-corrected chi connectivity index (χ3v) is 4.68. The highest BCUT2D eigenvalue weighted by molar-refractivity contribution is 4.83. The fourth-order valence-electron chi connectivity index (χ4n) is 3.50. The van der Waals surface area contributed by atoms with E-state index in [1.54, 1.807) is 0 Å². The van der Waals surface area contributed by atoms with Crippen molar-refractivity contribution < 1.29 is 5.11 Å². The van der Waals surface area contributed by atoms with Gasteiger partial charge < -0.3 is 10.0 Å². The minimum absolute atomic E-state index is 0.104. The zero-order valence-electron chi connectivity index (χ0n) is 10.9. The SMILES string of the molecule is CC1CCCC(N2CCC(C(C)O)CC2)C1. The van der Waals surface area contributed by atoms with Gasteiger partial charge in [0.15, 0.2) is 0 Å². The van der Waals surface area contributed by atoms with Crippen LogP contribution in [0.4, 0.5) is 0 Å². The predicted molar refractivity (Wildman–Crippen MR) is 67.4 cm³/mol. The van der Waals surface area contributed by atoms with E-state index in [1.807, 2.05) is 6.92 Å². The molecule has 2 nitrogen and oxygen atoms in total. The molecule has 0 aromatic rings. The van der Waals surface area contributed by atoms with Crippen LogP contribution in [0.25, 0.3) is 0 Å². The Morgan fingerprint density at radius 3 is 2.38 bits per heavy atom. The maximum Gasteiger partial charge on any atom is 0.0541 e. The van der Waals surface area contributed by atoms with E-state index in [0.717, 1.165) is 12.0 Å². The summed E-state index contributed by atoms with van der Waals surface area (Å²) in [5, 5.41) is 9.60. The number of aliphatic hydroxyl groups is 1. The summed E-state index contributed by atoms with van der Waals surface area (Å²) in [5.41, 5.74) is 0. The Labute approximate surface area is 100 Å². The first kappa shape index (κ1) is 12.4. The Bertz CT molecular complexity index is 209. The van der Waals surface area contributed by atoms with Crippen LogP contribution < -0.4 is 0 Å². The summed E-state index contributed by atoms with van der Waals surface area (Å²) in [6.45, 7) is 6.78. The lowest BCUT2D eigenvalue weighted by Crippen LogP contribution is -2.44. The molecule has 0 aromatic heterocycles. The molecular formula is C14H27NO. The summed E-state index contributed by atoms with van der Waals surface area (Å²) < 4.78 is 0. The maximum atomic E-state index is 9.60. The molecule has 0 radical (unpaired) electrons. The van der Waals surface area contributed by atoms with Crippen LogP contribution in [-0.4, -0.2) is 35.2 Å². The van der Waals surface area contributed by atoms with Gasteiger partial charge in [0.05, 0.1) is 6.10 Å². The van der Waals surface area contributed by atoms with Gasteiger partial charge in [-0.1, -0.05) is 19.8 Å². The van der Waals surface area contributed by atoms with Gasteiger partial charge in [0.25, 0.3) is 0 Å². The molecule has 0 bridgehead atoms. The quantitative estimate of drug-likeness (QED) is 0.781. The first-order valence-corrected chi connectivity index (χ1v) is 7.09. The van der Waals surface area contributed by atoms with E-state index in [9.17, 15) is 5.11 Å².